The number of nitrogens with one attached hydrogen (secondary N) is 3. The zero-order valence-electron chi connectivity index (χ0n) is 44.5. The number of aromatic amines is 2. The number of carbonyl (C=O) groups is 2. The smallest absolute Gasteiger partial charge is 0.161 e. The number of anilines is 1. The molecular formula is C68H73N3O7. The quantitative estimate of drug-likeness (QED) is 0.0560. The number of carbonyl (C=O) groups excluding carboxylic acids is 2. The van der Waals surface area contributed by atoms with Crippen molar-refractivity contribution in [3.63, 3.8) is 0 Å². The summed E-state index contributed by atoms with van der Waals surface area (Å²) >= 11 is 0. The number of ether oxygens (including phenoxy) is 1. The van der Waals surface area contributed by atoms with E-state index in [2.05, 4.69) is 100 Å². The van der Waals surface area contributed by atoms with E-state index in [1.165, 1.54) is 5.56 Å². The van der Waals surface area contributed by atoms with Crippen LogP contribution in [-0.2, 0) is 48.1 Å². The monoisotopic (exact) mass is 1040 g/mol. The second-order valence-corrected chi connectivity index (χ2v) is 22.5. The number of allylic oxidation sites excluding steroid dienone is 1. The Bertz CT molecular complexity index is 3270. The maximum Gasteiger partial charge on any atom is 0.161 e. The average molecular weight is 1040 g/mol. The fourth-order valence-electron chi connectivity index (χ4n) is 13.2. The minimum Gasteiger partial charge on any atom is -0.507 e. The number of aryl methyl sites for hydroxylation is 3. The first-order valence-corrected chi connectivity index (χ1v) is 28.5. The minimum atomic E-state index is -1.04. The summed E-state index contributed by atoms with van der Waals surface area (Å²) < 4.78 is 6.59. The molecule has 10 heteroatoms. The first-order valence-electron chi connectivity index (χ1n) is 28.5. The van der Waals surface area contributed by atoms with Gasteiger partial charge in [-0.15, -0.1) is 0 Å². The molecule has 5 aromatic carbocycles. The summed E-state index contributed by atoms with van der Waals surface area (Å²) in [4.78, 5) is 37.6. The predicted molar refractivity (Wildman–Crippen MR) is 308 cm³/mol. The standard InChI is InChI=1S/C68H73N3O7/c72-33-30-58-62(74)27-22-47-36-51(66(76)64(39-47)78-53-15-7-8-16-53)35-46-21-24-54(57(26-19-43-10-3-1-4-11-43)63(75)38-44-12-5-2-6-13-44)50(34-46)40-49-28-31-70-68(49)71-42-52-41-60-56(29-32-69-60)59(65(52)67(58)77)37-45-18-23-48-14-9-17-61(73)55(48)25-20-45/h1-6,9-14,17,20-21,24-25,28-29,31-32,34,36,39,41,45,53,57-59,63,65,69-73,75-76H,7-8,15-16,18-19,22-23,26-27,30,33,35,37-38,40,42H2/t45-,57+,58+,59-,63-,65+/m1/s1. The van der Waals surface area contributed by atoms with Crippen molar-refractivity contribution in [2.24, 2.45) is 17.8 Å². The van der Waals surface area contributed by atoms with E-state index in [9.17, 15) is 25.2 Å². The van der Waals surface area contributed by atoms with E-state index in [4.69, 9.17) is 4.74 Å². The summed E-state index contributed by atoms with van der Waals surface area (Å²) in [5.74, 6) is -0.989. The van der Waals surface area contributed by atoms with E-state index in [1.807, 2.05) is 60.9 Å². The van der Waals surface area contributed by atoms with Crippen LogP contribution >= 0.6 is 0 Å². The first-order chi connectivity index (χ1) is 38.1. The van der Waals surface area contributed by atoms with E-state index in [0.717, 1.165) is 119 Å². The molecule has 1 aliphatic heterocycles. The molecule has 7 N–H and O–H groups in total. The Morgan fingerprint density at radius 1 is 0.718 bits per heavy atom. The third-order valence-corrected chi connectivity index (χ3v) is 17.3. The fraction of sp³-hybridized carbons (Fsp3) is 0.353. The van der Waals surface area contributed by atoms with Crippen LogP contribution in [-0.4, -0.2) is 67.3 Å². The van der Waals surface area contributed by atoms with Gasteiger partial charge in [-0.2, -0.15) is 0 Å². The van der Waals surface area contributed by atoms with E-state index in [0.29, 0.717) is 50.0 Å². The highest BCUT2D eigenvalue weighted by molar-refractivity contribution is 6.05. The molecule has 3 aliphatic carbocycles. The maximum atomic E-state index is 15.7. The predicted octanol–water partition coefficient (Wildman–Crippen LogP) is 12.5. The summed E-state index contributed by atoms with van der Waals surface area (Å²) in [7, 11) is 0. The zero-order valence-corrected chi connectivity index (χ0v) is 44.5. The van der Waals surface area contributed by atoms with Crippen LogP contribution in [0.1, 0.15) is 137 Å². The van der Waals surface area contributed by atoms with Crippen LogP contribution in [0.15, 0.2) is 145 Å². The topological polar surface area (TPSA) is 168 Å². The molecule has 0 amide bonds. The van der Waals surface area contributed by atoms with Crippen molar-refractivity contribution in [2.75, 3.05) is 18.5 Å². The van der Waals surface area contributed by atoms with E-state index >= 15 is 4.79 Å². The fourth-order valence-corrected chi connectivity index (χ4v) is 13.2. The van der Waals surface area contributed by atoms with Gasteiger partial charge in [-0.05, 0) is 169 Å². The molecule has 0 spiro atoms. The van der Waals surface area contributed by atoms with Gasteiger partial charge in [0.15, 0.2) is 17.3 Å². The van der Waals surface area contributed by atoms with Gasteiger partial charge in [0.25, 0.3) is 0 Å². The summed E-state index contributed by atoms with van der Waals surface area (Å²) in [5, 5.41) is 49.8. The number of aliphatic hydroxyl groups is 2. The third kappa shape index (κ3) is 11.9. The number of hydrogen-bond donors (Lipinski definition) is 7. The van der Waals surface area contributed by atoms with Gasteiger partial charge in [0.05, 0.1) is 18.1 Å². The number of fused-ring (bicyclic) bond motifs is 8. The van der Waals surface area contributed by atoms with Crippen molar-refractivity contribution in [1.82, 2.24) is 9.97 Å². The number of aliphatic hydroxyl groups excluding tert-OH is 2. The number of rotatable bonds is 13. The lowest BCUT2D eigenvalue weighted by atomic mass is 9.67. The molecule has 2 aromatic heterocycles. The van der Waals surface area contributed by atoms with Crippen LogP contribution in [0, 0.1) is 17.8 Å². The molecule has 3 heterocycles. The second kappa shape index (κ2) is 24.1. The SMILES string of the molecule is O=C1CCc2cc(c(O)c(OC3CCCC3)c2)Cc2ccc([C@H](CCc3ccccc3)[C@H](O)Cc3ccccc3)c(c2)Cc2cc[nH]c2NCC2=Cc3[nH]ccc3[C@@H](C[C@H]3C=Cc4c(O)cccc4CC3)[C@H]2C(=O)[C@H]1CCO. The van der Waals surface area contributed by atoms with Crippen molar-refractivity contribution in [1.29, 1.82) is 0 Å². The van der Waals surface area contributed by atoms with Gasteiger partial charge in [-0.1, -0.05) is 109 Å². The largest absolute Gasteiger partial charge is 0.507 e. The van der Waals surface area contributed by atoms with Crippen molar-refractivity contribution in [3.05, 3.63) is 212 Å². The number of Topliss-reactive ketones (excluding diaryl/α,β-unsaturated/α-hetero) is 2. The maximum absolute atomic E-state index is 15.7. The molecule has 11 rings (SSSR count). The lowest BCUT2D eigenvalue weighted by Gasteiger charge is -2.36. The molecule has 0 saturated heterocycles. The van der Waals surface area contributed by atoms with E-state index in [-0.39, 0.29) is 66.4 Å². The normalized spacial score (nSPS) is 20.6. The summed E-state index contributed by atoms with van der Waals surface area (Å²) in [6.45, 7) is 0.000783. The van der Waals surface area contributed by atoms with Crippen LogP contribution in [0.25, 0.3) is 12.2 Å². The lowest BCUT2D eigenvalue weighted by molar-refractivity contribution is -0.135. The Morgan fingerprint density at radius 2 is 1.50 bits per heavy atom. The van der Waals surface area contributed by atoms with Crippen LogP contribution < -0.4 is 10.1 Å². The number of phenols is 2. The third-order valence-electron chi connectivity index (χ3n) is 17.3. The second-order valence-electron chi connectivity index (χ2n) is 22.5. The van der Waals surface area contributed by atoms with Gasteiger partial charge in [0.2, 0.25) is 0 Å². The molecule has 402 valence electrons. The van der Waals surface area contributed by atoms with Crippen molar-refractivity contribution in [2.45, 2.75) is 120 Å². The van der Waals surface area contributed by atoms with Crippen LogP contribution in [0.3, 0.4) is 0 Å². The molecule has 4 aliphatic rings. The molecule has 4 bridgehead atoms. The molecule has 1 saturated carbocycles. The van der Waals surface area contributed by atoms with Crippen LogP contribution in [0.4, 0.5) is 5.82 Å². The van der Waals surface area contributed by atoms with E-state index < -0.39 is 17.9 Å². The zero-order chi connectivity index (χ0) is 53.5. The summed E-state index contributed by atoms with van der Waals surface area (Å²) in [6, 6.07) is 40.9. The van der Waals surface area contributed by atoms with Gasteiger partial charge in [0, 0.05) is 79.4 Å². The Labute approximate surface area is 458 Å². The highest BCUT2D eigenvalue weighted by Crippen LogP contribution is 2.46. The Hall–Kier alpha value is -7.40. The number of aromatic hydroxyl groups is 2. The van der Waals surface area contributed by atoms with E-state index in [1.54, 1.807) is 6.07 Å². The first kappa shape index (κ1) is 52.6. The van der Waals surface area contributed by atoms with Gasteiger partial charge < -0.3 is 40.4 Å². The molecule has 1 fully saturated rings. The number of phenolic OH excluding ortho intramolecular Hbond substituents is 2. The van der Waals surface area contributed by atoms with Gasteiger partial charge in [0.1, 0.15) is 17.4 Å². The molecule has 7 aromatic rings. The lowest BCUT2D eigenvalue weighted by Crippen LogP contribution is -2.38. The Kier molecular flexibility index (Phi) is 16.3. The molecule has 78 heavy (non-hydrogen) atoms. The molecule has 6 atom stereocenters. The van der Waals surface area contributed by atoms with Gasteiger partial charge >= 0.3 is 0 Å². The molecule has 0 unspecified atom stereocenters. The number of benzene rings is 5. The highest BCUT2D eigenvalue weighted by Gasteiger charge is 2.42. The van der Waals surface area contributed by atoms with Crippen molar-refractivity contribution < 1.29 is 34.8 Å². The minimum absolute atomic E-state index is 0.0154. The number of hydrogen-bond acceptors (Lipinski definition) is 8. The Morgan fingerprint density at radius 3 is 2.31 bits per heavy atom. The van der Waals surface area contributed by atoms with Gasteiger partial charge in [-0.25, -0.2) is 0 Å². The van der Waals surface area contributed by atoms with Crippen molar-refractivity contribution >= 4 is 29.5 Å². The van der Waals surface area contributed by atoms with Crippen molar-refractivity contribution in [3.8, 4) is 17.2 Å². The molecular weight excluding hydrogens is 971 g/mol. The summed E-state index contributed by atoms with van der Waals surface area (Å²) in [5.41, 5.74) is 12.7. The molecule has 0 radical (unpaired) electrons. The van der Waals surface area contributed by atoms with Crippen LogP contribution in [0.2, 0.25) is 0 Å². The number of aromatic nitrogens is 2. The van der Waals surface area contributed by atoms with Gasteiger partial charge in [-0.3, -0.25) is 9.59 Å². The Balaban J connectivity index is 1.00. The molecule has 10 nitrogen and oxygen atoms in total. The number of H-pyrrole nitrogens is 2. The highest BCUT2D eigenvalue weighted by atomic mass is 16.5. The van der Waals surface area contributed by atoms with Crippen LogP contribution in [0.5, 0.6) is 17.2 Å². The number of ketones is 2. The average Bonchev–Trinajstić information content (AvgIpc) is 4.31. The summed E-state index contributed by atoms with van der Waals surface area (Å²) in [6.07, 6.45) is 19.0.